The molecule has 19 nitrogen and oxygen atoms in total. The summed E-state index contributed by atoms with van der Waals surface area (Å²) in [6, 6.07) is 0. The molecule has 3 spiro atoms. The van der Waals surface area contributed by atoms with Crippen LogP contribution < -0.4 is 0 Å². The fourth-order valence-corrected chi connectivity index (χ4v) is 17.4. The summed E-state index contributed by atoms with van der Waals surface area (Å²) in [5.74, 6) is -2.99. The highest BCUT2D eigenvalue weighted by Crippen LogP contribution is 2.57. The van der Waals surface area contributed by atoms with Crippen LogP contribution >= 0.6 is 0 Å². The van der Waals surface area contributed by atoms with Crippen molar-refractivity contribution in [3.63, 3.8) is 0 Å². The lowest BCUT2D eigenvalue weighted by atomic mass is 9.80. The van der Waals surface area contributed by atoms with E-state index in [1.54, 1.807) is 0 Å². The monoisotopic (exact) mass is 1080 g/mol. The first-order valence-electron chi connectivity index (χ1n) is 29.9. The molecule has 0 saturated carbocycles. The number of rotatable bonds is 3. The van der Waals surface area contributed by atoms with Crippen molar-refractivity contribution >= 4 is 5.97 Å². The van der Waals surface area contributed by atoms with Gasteiger partial charge in [-0.05, 0) is 80.3 Å². The van der Waals surface area contributed by atoms with Crippen LogP contribution in [0, 0.1) is 23.7 Å². The average Bonchev–Trinajstić information content (AvgIpc) is 4.23. The zero-order valence-corrected chi connectivity index (χ0v) is 45.1. The van der Waals surface area contributed by atoms with Crippen LogP contribution in [0.4, 0.5) is 0 Å². The van der Waals surface area contributed by atoms with E-state index in [4.69, 9.17) is 75.8 Å². The Balaban J connectivity index is 0.663. The maximum absolute atomic E-state index is 14.5. The van der Waals surface area contributed by atoms with Gasteiger partial charge in [-0.1, -0.05) is 40.9 Å². The number of aliphatic hydroxyl groups excluding tert-OH is 2. The van der Waals surface area contributed by atoms with E-state index >= 15 is 0 Å². The summed E-state index contributed by atoms with van der Waals surface area (Å²) in [6.45, 7) is 17.6. The molecule has 0 aromatic carbocycles. The number of esters is 1. The Hall–Kier alpha value is -1.73. The van der Waals surface area contributed by atoms with Crippen LogP contribution in [0.1, 0.15) is 137 Å². The first-order chi connectivity index (χ1) is 37.1. The molecule has 16 saturated heterocycles. The lowest BCUT2D eigenvalue weighted by Crippen LogP contribution is -2.62. The number of hydrogen-bond donors (Lipinski definition) is 2. The van der Waals surface area contributed by atoms with Crippen LogP contribution in [0.25, 0.3) is 0 Å². The molecular weight excluding hydrogens is 1000 g/mol. The van der Waals surface area contributed by atoms with E-state index in [1.807, 2.05) is 0 Å². The second-order valence-corrected chi connectivity index (χ2v) is 26.5. The molecule has 2 N–H and O–H groups in total. The van der Waals surface area contributed by atoms with Gasteiger partial charge in [0.05, 0.1) is 85.8 Å². The van der Waals surface area contributed by atoms with Crippen LogP contribution in [-0.4, -0.2) is 187 Å². The van der Waals surface area contributed by atoms with Gasteiger partial charge < -0.3 is 86.0 Å². The van der Waals surface area contributed by atoms with Crippen molar-refractivity contribution in [3.05, 3.63) is 24.3 Å². The third kappa shape index (κ3) is 8.94. The molecule has 2 unspecified atom stereocenters. The lowest BCUT2D eigenvalue weighted by Gasteiger charge is -2.50. The third-order valence-corrected chi connectivity index (χ3v) is 21.1. The van der Waals surface area contributed by atoms with E-state index in [0.29, 0.717) is 64.2 Å². The van der Waals surface area contributed by atoms with E-state index in [2.05, 4.69) is 40.9 Å². The second-order valence-electron chi connectivity index (χ2n) is 26.5. The maximum atomic E-state index is 14.5. The SMILES string of the molecule is C=C1C[C@@H]2CC[C@@]34CC5O[C@H]6[C@@H](O3)[C@H]3O[C@H](CC[C@@H]3O[C@H]6C5O4)CC(=O)O[C@@H]3[C@@H](C)[C@@H]4O[C@@H]5C[C@]6(C[C@@H]7O[C@]8(C[C@H](C)[C@@H]9O[C@H]([C@@H](O)CCO)C[C@@H]9O8)C[C@H](C)[C@@H]7O6)O[C@@H]5O[C@@H]4O[C@H]3C[C@H]3O[C@@H](CC[C@@H]1O2)C[C@@H](C)C3=C. The third-order valence-electron chi connectivity index (χ3n) is 21.1. The quantitative estimate of drug-likeness (QED) is 0.279. The molecule has 16 aliphatic heterocycles. The maximum Gasteiger partial charge on any atom is 0.308 e. The highest BCUT2D eigenvalue weighted by atomic mass is 16.9. The topological polar surface area (TPSA) is 205 Å². The van der Waals surface area contributed by atoms with Crippen molar-refractivity contribution in [1.29, 1.82) is 0 Å². The van der Waals surface area contributed by atoms with Gasteiger partial charge >= 0.3 is 5.97 Å². The van der Waals surface area contributed by atoms with Crippen LogP contribution in [0.15, 0.2) is 24.3 Å². The molecule has 428 valence electrons. The number of aliphatic hydroxyl groups is 2. The summed E-state index contributed by atoms with van der Waals surface area (Å²) < 4.78 is 109. The Morgan fingerprint density at radius 1 is 0.519 bits per heavy atom. The van der Waals surface area contributed by atoms with E-state index in [9.17, 15) is 15.0 Å². The molecule has 16 aliphatic rings. The molecule has 16 rings (SSSR count). The van der Waals surface area contributed by atoms with Gasteiger partial charge in [0.1, 0.15) is 54.9 Å². The minimum absolute atomic E-state index is 0.00799. The molecule has 0 aromatic rings. The van der Waals surface area contributed by atoms with Gasteiger partial charge in [-0.2, -0.15) is 0 Å². The number of ether oxygens (including phenoxy) is 16. The Morgan fingerprint density at radius 3 is 2.08 bits per heavy atom. The first-order valence-corrected chi connectivity index (χ1v) is 29.9. The summed E-state index contributed by atoms with van der Waals surface area (Å²) in [5.41, 5.74) is 2.11. The fourth-order valence-electron chi connectivity index (χ4n) is 17.4. The highest BCUT2D eigenvalue weighted by molar-refractivity contribution is 5.70. The van der Waals surface area contributed by atoms with Crippen LogP contribution in [0.3, 0.4) is 0 Å². The largest absolute Gasteiger partial charge is 0.459 e. The lowest BCUT2D eigenvalue weighted by molar-refractivity contribution is -0.392. The molecule has 77 heavy (non-hydrogen) atoms. The predicted molar refractivity (Wildman–Crippen MR) is 264 cm³/mol. The molecule has 0 radical (unpaired) electrons. The molecule has 0 amide bonds. The van der Waals surface area contributed by atoms with E-state index in [0.717, 1.165) is 43.3 Å². The number of carbonyl (C=O) groups excluding carboxylic acids is 1. The van der Waals surface area contributed by atoms with Gasteiger partial charge in [-0.3, -0.25) is 4.79 Å². The van der Waals surface area contributed by atoms with Crippen molar-refractivity contribution in [1.82, 2.24) is 0 Å². The van der Waals surface area contributed by atoms with Crippen molar-refractivity contribution in [2.24, 2.45) is 23.7 Å². The summed E-state index contributed by atoms with van der Waals surface area (Å²) in [5, 5.41) is 20.2. The molecule has 12 bridgehead atoms. The Bertz CT molecular complexity index is 2290. The van der Waals surface area contributed by atoms with Crippen molar-refractivity contribution < 1.29 is 90.8 Å². The molecule has 0 aromatic heterocycles. The van der Waals surface area contributed by atoms with Gasteiger partial charge in [0.2, 0.25) is 0 Å². The summed E-state index contributed by atoms with van der Waals surface area (Å²) in [7, 11) is 0. The van der Waals surface area contributed by atoms with Crippen LogP contribution in [0.5, 0.6) is 0 Å². The number of fused-ring (bicyclic) bond motifs is 10. The van der Waals surface area contributed by atoms with Crippen molar-refractivity contribution in [2.45, 2.75) is 301 Å². The molecule has 0 aliphatic carbocycles. The van der Waals surface area contributed by atoms with E-state index in [-0.39, 0.29) is 128 Å². The molecular formula is C58H82O19. The second kappa shape index (κ2) is 19.4. The van der Waals surface area contributed by atoms with Gasteiger partial charge in [-0.15, -0.1) is 0 Å². The Labute approximate surface area is 451 Å². The van der Waals surface area contributed by atoms with Gasteiger partial charge in [0.15, 0.2) is 29.9 Å². The first kappa shape index (κ1) is 52.1. The van der Waals surface area contributed by atoms with E-state index in [1.165, 1.54) is 0 Å². The van der Waals surface area contributed by atoms with Crippen LogP contribution in [0.2, 0.25) is 0 Å². The summed E-state index contributed by atoms with van der Waals surface area (Å²) in [4.78, 5) is 14.5. The molecule has 19 heteroatoms. The number of carbonyl (C=O) groups is 1. The fraction of sp³-hybridized carbons (Fsp3) is 0.914. The van der Waals surface area contributed by atoms with Gasteiger partial charge in [0.25, 0.3) is 0 Å². The Kier molecular flexibility index (Phi) is 13.1. The van der Waals surface area contributed by atoms with Crippen molar-refractivity contribution in [3.8, 4) is 0 Å². The van der Waals surface area contributed by atoms with E-state index < -0.39 is 84.9 Å². The minimum Gasteiger partial charge on any atom is -0.459 e. The standard InChI is InChI=1S/C58H82O19/c1-25-15-31-7-9-35-26(2)16-33(62-35)11-13-56-22-41-50(75-56)51-52(67-41)53(76-56)49-36(65-51)10-8-32(64-49)17-44(61)70-47-30(6)48-55(69-39(47)18-37(63-31)29(25)5)71-54-43(68-48)24-58(77-54)23-42-46(74-58)28(4)21-57(73-42)20-27(3)45-40(72-57)19-38(66-45)34(60)12-14-59/h25,27-28,30-43,45-55,59-60H,2,5,7-24H2,1,3-4,6H3/t25-,27+,28+,30-,31+,32-,33+,34+,35+,36+,37-,38+,39+,40+,41?,42+,43-,45+,46+,47-,48+,49+,50?,51+,52-,53+,54+,55+,56+,57-,58+/m1/s1. The van der Waals surface area contributed by atoms with Crippen molar-refractivity contribution in [2.75, 3.05) is 6.61 Å². The zero-order valence-electron chi connectivity index (χ0n) is 45.1. The predicted octanol–water partition coefficient (Wildman–Crippen LogP) is 5.11. The summed E-state index contributed by atoms with van der Waals surface area (Å²) in [6.07, 6.45) is 1.20. The normalized spacial score (nSPS) is 57.9. The average molecular weight is 1080 g/mol. The molecule has 31 atom stereocenters. The smallest absolute Gasteiger partial charge is 0.308 e. The minimum atomic E-state index is -1.02. The molecule has 16 heterocycles. The van der Waals surface area contributed by atoms with Gasteiger partial charge in [-0.25, -0.2) is 0 Å². The molecule has 16 fully saturated rings. The summed E-state index contributed by atoms with van der Waals surface area (Å²) >= 11 is 0. The van der Waals surface area contributed by atoms with Crippen LogP contribution in [-0.2, 0) is 80.6 Å². The Morgan fingerprint density at radius 2 is 1.22 bits per heavy atom. The zero-order chi connectivity index (χ0) is 52.4. The number of hydrogen-bond acceptors (Lipinski definition) is 19. The highest BCUT2D eigenvalue weighted by Gasteiger charge is 2.70. The van der Waals surface area contributed by atoms with Gasteiger partial charge in [0, 0.05) is 63.9 Å².